The standard InChI is InChI=1S/C11H21N/c1-8-6-7-9(2)12(5)11(4)10(8)3/h8-9,11H,3,6-7H2,1-2,4-5H3. The minimum atomic E-state index is 0.553. The average Bonchev–Trinajstić information content (AvgIpc) is 2.14. The number of rotatable bonds is 0. The molecule has 1 nitrogen and oxygen atoms in total. The summed E-state index contributed by atoms with van der Waals surface area (Å²) < 4.78 is 0. The quantitative estimate of drug-likeness (QED) is 0.501. The van der Waals surface area contributed by atoms with E-state index in [9.17, 15) is 0 Å². The van der Waals surface area contributed by atoms with Crippen LogP contribution in [0.25, 0.3) is 0 Å². The molecule has 0 aliphatic carbocycles. The summed E-state index contributed by atoms with van der Waals surface area (Å²) in [6.07, 6.45) is 2.61. The normalized spacial score (nSPS) is 39.7. The van der Waals surface area contributed by atoms with Crippen LogP contribution in [0.4, 0.5) is 0 Å². The molecular formula is C11H21N. The van der Waals surface area contributed by atoms with Gasteiger partial charge < -0.3 is 0 Å². The van der Waals surface area contributed by atoms with Crippen molar-refractivity contribution in [3.63, 3.8) is 0 Å². The molecule has 70 valence electrons. The third-order valence-corrected chi connectivity index (χ3v) is 3.49. The molecule has 12 heavy (non-hydrogen) atoms. The molecule has 0 amide bonds. The maximum Gasteiger partial charge on any atom is 0.0278 e. The molecule has 1 rings (SSSR count). The predicted octanol–water partition coefficient (Wildman–Crippen LogP) is 2.68. The Kier molecular flexibility index (Phi) is 2.94. The molecule has 3 unspecified atom stereocenters. The first-order chi connectivity index (χ1) is 5.54. The van der Waals surface area contributed by atoms with Gasteiger partial charge in [-0.1, -0.05) is 19.1 Å². The number of hydrogen-bond donors (Lipinski definition) is 0. The van der Waals surface area contributed by atoms with E-state index in [0.29, 0.717) is 18.0 Å². The molecule has 1 fully saturated rings. The topological polar surface area (TPSA) is 3.24 Å². The van der Waals surface area contributed by atoms with Crippen LogP contribution in [0.1, 0.15) is 33.6 Å². The second kappa shape index (κ2) is 3.61. The zero-order valence-corrected chi connectivity index (χ0v) is 8.80. The SMILES string of the molecule is C=C1C(C)CCC(C)N(C)C1C. The van der Waals surface area contributed by atoms with E-state index in [2.05, 4.69) is 39.3 Å². The van der Waals surface area contributed by atoms with Gasteiger partial charge in [0.2, 0.25) is 0 Å². The molecule has 0 spiro atoms. The van der Waals surface area contributed by atoms with Crippen molar-refractivity contribution in [1.82, 2.24) is 4.90 Å². The van der Waals surface area contributed by atoms with Gasteiger partial charge in [-0.15, -0.1) is 0 Å². The molecule has 3 atom stereocenters. The van der Waals surface area contributed by atoms with Crippen LogP contribution in [-0.2, 0) is 0 Å². The lowest BCUT2D eigenvalue weighted by atomic mass is 9.94. The van der Waals surface area contributed by atoms with Crippen LogP contribution in [0, 0.1) is 5.92 Å². The molecule has 1 saturated heterocycles. The molecular weight excluding hydrogens is 146 g/mol. The lowest BCUT2D eigenvalue weighted by Crippen LogP contribution is -2.36. The molecule has 0 aromatic heterocycles. The number of hydrogen-bond acceptors (Lipinski definition) is 1. The lowest BCUT2D eigenvalue weighted by molar-refractivity contribution is 0.221. The van der Waals surface area contributed by atoms with E-state index < -0.39 is 0 Å². The van der Waals surface area contributed by atoms with Gasteiger partial charge in [0.25, 0.3) is 0 Å². The molecule has 0 saturated carbocycles. The summed E-state index contributed by atoms with van der Waals surface area (Å²) >= 11 is 0. The van der Waals surface area contributed by atoms with E-state index in [-0.39, 0.29) is 0 Å². The van der Waals surface area contributed by atoms with Crippen molar-refractivity contribution in [3.8, 4) is 0 Å². The zero-order chi connectivity index (χ0) is 9.30. The second-order valence-electron chi connectivity index (χ2n) is 4.24. The maximum absolute atomic E-state index is 4.18. The average molecular weight is 167 g/mol. The van der Waals surface area contributed by atoms with Crippen LogP contribution in [0.5, 0.6) is 0 Å². The summed E-state index contributed by atoms with van der Waals surface area (Å²) in [4.78, 5) is 2.44. The van der Waals surface area contributed by atoms with Crippen molar-refractivity contribution in [1.29, 1.82) is 0 Å². The van der Waals surface area contributed by atoms with Gasteiger partial charge in [0, 0.05) is 12.1 Å². The van der Waals surface area contributed by atoms with Gasteiger partial charge in [-0.25, -0.2) is 0 Å². The van der Waals surface area contributed by atoms with Gasteiger partial charge >= 0.3 is 0 Å². The van der Waals surface area contributed by atoms with Gasteiger partial charge in [-0.3, -0.25) is 4.90 Å². The van der Waals surface area contributed by atoms with Crippen molar-refractivity contribution in [3.05, 3.63) is 12.2 Å². The number of likely N-dealkylation sites (tertiary alicyclic amines) is 1. The van der Waals surface area contributed by atoms with Gasteiger partial charge in [0.05, 0.1) is 0 Å². The lowest BCUT2D eigenvalue weighted by Gasteiger charge is -2.29. The molecule has 1 heterocycles. The Balaban J connectivity index is 2.75. The predicted molar refractivity (Wildman–Crippen MR) is 54.2 cm³/mol. The maximum atomic E-state index is 4.18. The van der Waals surface area contributed by atoms with Crippen molar-refractivity contribution in [2.45, 2.75) is 45.7 Å². The van der Waals surface area contributed by atoms with E-state index in [0.717, 1.165) is 0 Å². The van der Waals surface area contributed by atoms with Gasteiger partial charge in [0.1, 0.15) is 0 Å². The fourth-order valence-electron chi connectivity index (χ4n) is 1.94. The molecule has 0 aromatic rings. The molecule has 0 N–H and O–H groups in total. The molecule has 0 radical (unpaired) electrons. The Bertz CT molecular complexity index is 174. The highest BCUT2D eigenvalue weighted by atomic mass is 15.2. The Morgan fingerprint density at radius 2 is 1.83 bits per heavy atom. The summed E-state index contributed by atoms with van der Waals surface area (Å²) in [7, 11) is 2.21. The molecule has 0 bridgehead atoms. The van der Waals surface area contributed by atoms with E-state index in [1.165, 1.54) is 18.4 Å². The first-order valence-corrected chi connectivity index (χ1v) is 4.94. The Labute approximate surface area is 76.5 Å². The highest BCUT2D eigenvalue weighted by molar-refractivity contribution is 5.10. The van der Waals surface area contributed by atoms with Crippen molar-refractivity contribution in [2.75, 3.05) is 7.05 Å². The van der Waals surface area contributed by atoms with Crippen LogP contribution in [0.15, 0.2) is 12.2 Å². The minimum absolute atomic E-state index is 0.553. The van der Waals surface area contributed by atoms with Crippen LogP contribution >= 0.6 is 0 Å². The number of likely N-dealkylation sites (N-methyl/N-ethyl adjacent to an activating group) is 1. The first-order valence-electron chi connectivity index (χ1n) is 4.94. The van der Waals surface area contributed by atoms with Gasteiger partial charge in [-0.2, -0.15) is 0 Å². The Morgan fingerprint density at radius 3 is 2.42 bits per heavy atom. The second-order valence-corrected chi connectivity index (χ2v) is 4.24. The van der Waals surface area contributed by atoms with E-state index in [1.54, 1.807) is 0 Å². The summed E-state index contributed by atoms with van der Waals surface area (Å²) in [5, 5.41) is 0. The molecule has 1 aliphatic rings. The van der Waals surface area contributed by atoms with Crippen LogP contribution < -0.4 is 0 Å². The largest absolute Gasteiger partial charge is 0.297 e. The number of nitrogens with zero attached hydrogens (tertiary/aromatic N) is 1. The summed E-state index contributed by atoms with van der Waals surface area (Å²) in [5.41, 5.74) is 1.40. The first kappa shape index (κ1) is 9.79. The minimum Gasteiger partial charge on any atom is -0.297 e. The van der Waals surface area contributed by atoms with E-state index >= 15 is 0 Å². The van der Waals surface area contributed by atoms with Crippen molar-refractivity contribution in [2.24, 2.45) is 5.92 Å². The van der Waals surface area contributed by atoms with Crippen molar-refractivity contribution < 1.29 is 0 Å². The highest BCUT2D eigenvalue weighted by Crippen LogP contribution is 2.28. The summed E-state index contributed by atoms with van der Waals surface area (Å²) in [6, 6.07) is 1.26. The Morgan fingerprint density at radius 1 is 1.25 bits per heavy atom. The fourth-order valence-corrected chi connectivity index (χ4v) is 1.94. The smallest absolute Gasteiger partial charge is 0.0278 e. The monoisotopic (exact) mass is 167 g/mol. The summed E-state index contributed by atoms with van der Waals surface area (Å²) in [6.45, 7) is 11.0. The summed E-state index contributed by atoms with van der Waals surface area (Å²) in [5.74, 6) is 0.701. The molecule has 1 aliphatic heterocycles. The molecule has 0 aromatic carbocycles. The highest BCUT2D eigenvalue weighted by Gasteiger charge is 2.25. The third-order valence-electron chi connectivity index (χ3n) is 3.49. The van der Waals surface area contributed by atoms with Crippen LogP contribution in [-0.4, -0.2) is 24.0 Å². The molecule has 1 heteroatoms. The zero-order valence-electron chi connectivity index (χ0n) is 8.80. The van der Waals surface area contributed by atoms with Crippen molar-refractivity contribution >= 4 is 0 Å². The van der Waals surface area contributed by atoms with Crippen LogP contribution in [0.2, 0.25) is 0 Å². The fraction of sp³-hybridized carbons (Fsp3) is 0.818. The van der Waals surface area contributed by atoms with Gasteiger partial charge in [-0.05, 0) is 39.7 Å². The van der Waals surface area contributed by atoms with Crippen LogP contribution in [0.3, 0.4) is 0 Å². The van der Waals surface area contributed by atoms with Gasteiger partial charge in [0.15, 0.2) is 0 Å². The van der Waals surface area contributed by atoms with E-state index in [1.807, 2.05) is 0 Å². The Hall–Kier alpha value is -0.300. The van der Waals surface area contributed by atoms with E-state index in [4.69, 9.17) is 0 Å². The third kappa shape index (κ3) is 1.71.